The first kappa shape index (κ1) is 14.2. The van der Waals surface area contributed by atoms with Crippen LogP contribution >= 0.6 is 15.9 Å². The third-order valence-electron chi connectivity index (χ3n) is 3.07. The predicted molar refractivity (Wildman–Crippen MR) is 73.2 cm³/mol. The highest BCUT2D eigenvalue weighted by atomic mass is 79.9. The molecule has 0 spiro atoms. The van der Waals surface area contributed by atoms with Gasteiger partial charge in [-0.3, -0.25) is 10.1 Å². The third-order valence-corrected chi connectivity index (χ3v) is 3.87. The van der Waals surface area contributed by atoms with Crippen molar-refractivity contribution in [3.63, 3.8) is 0 Å². The highest BCUT2D eigenvalue weighted by Crippen LogP contribution is 2.37. The van der Waals surface area contributed by atoms with Gasteiger partial charge < -0.3 is 15.2 Å². The van der Waals surface area contributed by atoms with Gasteiger partial charge in [0.25, 0.3) is 5.69 Å². The van der Waals surface area contributed by atoms with E-state index >= 15 is 0 Å². The van der Waals surface area contributed by atoms with Crippen molar-refractivity contribution in [1.82, 2.24) is 0 Å². The van der Waals surface area contributed by atoms with Gasteiger partial charge >= 0.3 is 0 Å². The Morgan fingerprint density at radius 3 is 2.89 bits per heavy atom. The van der Waals surface area contributed by atoms with Gasteiger partial charge in [-0.2, -0.15) is 0 Å². The summed E-state index contributed by atoms with van der Waals surface area (Å²) in [5, 5.41) is 10.8. The van der Waals surface area contributed by atoms with E-state index in [1.807, 2.05) is 6.92 Å². The lowest BCUT2D eigenvalue weighted by Gasteiger charge is -2.41. The standard InChI is InChI=1S/C12H15BrN2O4/c1-2-18-12-7(14)6-10(12)19-9-5-3-4-8(11(9)13)15(16)17/h3-5,7,10,12H,2,6,14H2,1H3. The van der Waals surface area contributed by atoms with Crippen LogP contribution in [0.4, 0.5) is 5.69 Å². The Kier molecular flexibility index (Phi) is 4.38. The maximum absolute atomic E-state index is 10.8. The summed E-state index contributed by atoms with van der Waals surface area (Å²) in [6.45, 7) is 2.46. The zero-order valence-electron chi connectivity index (χ0n) is 10.4. The zero-order chi connectivity index (χ0) is 14.0. The number of nitrogens with zero attached hydrogens (tertiary/aromatic N) is 1. The first-order chi connectivity index (χ1) is 9.04. The average Bonchev–Trinajstić information content (AvgIpc) is 2.37. The van der Waals surface area contributed by atoms with Crippen molar-refractivity contribution in [2.45, 2.75) is 31.6 Å². The highest BCUT2D eigenvalue weighted by Gasteiger charge is 2.41. The molecule has 7 heteroatoms. The monoisotopic (exact) mass is 330 g/mol. The Hall–Kier alpha value is -1.18. The fourth-order valence-corrected chi connectivity index (χ4v) is 2.55. The van der Waals surface area contributed by atoms with Crippen LogP contribution < -0.4 is 10.5 Å². The molecule has 1 aromatic carbocycles. The summed E-state index contributed by atoms with van der Waals surface area (Å²) in [5.74, 6) is 0.441. The minimum absolute atomic E-state index is 0.0194. The molecule has 0 radical (unpaired) electrons. The predicted octanol–water partition coefficient (Wildman–Crippen LogP) is 2.24. The second-order valence-electron chi connectivity index (χ2n) is 4.32. The molecule has 0 saturated heterocycles. The van der Waals surface area contributed by atoms with E-state index in [0.717, 1.165) is 0 Å². The topological polar surface area (TPSA) is 87.6 Å². The maximum atomic E-state index is 10.8. The summed E-state index contributed by atoms with van der Waals surface area (Å²) < 4.78 is 11.6. The molecule has 1 fully saturated rings. The van der Waals surface area contributed by atoms with Crippen LogP contribution in [0.25, 0.3) is 0 Å². The number of nitro groups is 1. The van der Waals surface area contributed by atoms with Crippen molar-refractivity contribution in [3.8, 4) is 5.75 Å². The van der Waals surface area contributed by atoms with Crippen LogP contribution in [0.5, 0.6) is 5.75 Å². The molecular formula is C12H15BrN2O4. The molecule has 1 saturated carbocycles. The molecule has 1 aliphatic carbocycles. The van der Waals surface area contributed by atoms with Crippen molar-refractivity contribution in [1.29, 1.82) is 0 Å². The summed E-state index contributed by atoms with van der Waals surface area (Å²) in [7, 11) is 0. The lowest BCUT2D eigenvalue weighted by Crippen LogP contribution is -2.59. The second-order valence-corrected chi connectivity index (χ2v) is 5.12. The van der Waals surface area contributed by atoms with Crippen LogP contribution in [0.15, 0.2) is 22.7 Å². The van der Waals surface area contributed by atoms with Gasteiger partial charge in [-0.25, -0.2) is 0 Å². The summed E-state index contributed by atoms with van der Waals surface area (Å²) in [4.78, 5) is 10.4. The molecule has 2 rings (SSSR count). The van der Waals surface area contributed by atoms with E-state index in [1.54, 1.807) is 12.1 Å². The highest BCUT2D eigenvalue weighted by molar-refractivity contribution is 9.10. The fourth-order valence-electron chi connectivity index (χ4n) is 2.05. The number of rotatable bonds is 5. The van der Waals surface area contributed by atoms with Gasteiger partial charge in [0.05, 0.1) is 4.92 Å². The average molecular weight is 331 g/mol. The van der Waals surface area contributed by atoms with Crippen LogP contribution in [0.1, 0.15) is 13.3 Å². The van der Waals surface area contributed by atoms with E-state index in [1.165, 1.54) is 6.07 Å². The van der Waals surface area contributed by atoms with Crippen molar-refractivity contribution in [2.24, 2.45) is 5.73 Å². The molecule has 19 heavy (non-hydrogen) atoms. The number of halogens is 1. The quantitative estimate of drug-likeness (QED) is 0.660. The molecule has 0 heterocycles. The normalized spacial score (nSPS) is 25.7. The van der Waals surface area contributed by atoms with E-state index in [4.69, 9.17) is 15.2 Å². The van der Waals surface area contributed by atoms with E-state index in [-0.39, 0.29) is 23.9 Å². The first-order valence-electron chi connectivity index (χ1n) is 6.01. The van der Waals surface area contributed by atoms with Crippen LogP contribution in [0.2, 0.25) is 0 Å². The van der Waals surface area contributed by atoms with Crippen LogP contribution in [0, 0.1) is 10.1 Å². The summed E-state index contributed by atoms with van der Waals surface area (Å²) >= 11 is 3.20. The molecule has 2 N–H and O–H groups in total. The lowest BCUT2D eigenvalue weighted by atomic mass is 9.86. The second kappa shape index (κ2) is 5.85. The zero-order valence-corrected chi connectivity index (χ0v) is 12.0. The number of hydrogen-bond donors (Lipinski definition) is 1. The van der Waals surface area contributed by atoms with Gasteiger partial charge in [0, 0.05) is 25.1 Å². The molecular weight excluding hydrogens is 316 g/mol. The molecule has 3 unspecified atom stereocenters. The van der Waals surface area contributed by atoms with E-state index < -0.39 is 4.92 Å². The molecule has 1 aliphatic rings. The van der Waals surface area contributed by atoms with E-state index in [2.05, 4.69) is 15.9 Å². The Morgan fingerprint density at radius 1 is 1.58 bits per heavy atom. The van der Waals surface area contributed by atoms with E-state index in [9.17, 15) is 10.1 Å². The molecule has 0 aromatic heterocycles. The number of ether oxygens (including phenoxy) is 2. The van der Waals surface area contributed by atoms with Crippen LogP contribution in [-0.4, -0.2) is 29.8 Å². The third kappa shape index (κ3) is 2.88. The first-order valence-corrected chi connectivity index (χ1v) is 6.80. The molecule has 3 atom stereocenters. The van der Waals surface area contributed by atoms with Crippen molar-refractivity contribution in [2.75, 3.05) is 6.61 Å². The summed E-state index contributed by atoms with van der Waals surface area (Å²) in [6.07, 6.45) is 0.365. The van der Waals surface area contributed by atoms with Crippen molar-refractivity contribution in [3.05, 3.63) is 32.8 Å². The Morgan fingerprint density at radius 2 is 2.32 bits per heavy atom. The molecule has 0 amide bonds. The van der Waals surface area contributed by atoms with Gasteiger partial charge in [-0.15, -0.1) is 0 Å². The smallest absolute Gasteiger partial charge is 0.287 e. The Bertz CT molecular complexity index is 483. The molecule has 0 bridgehead atoms. The SMILES string of the molecule is CCOC1C(N)CC1Oc1cccc([N+](=O)[O-])c1Br. The van der Waals surface area contributed by atoms with Crippen molar-refractivity contribution >= 4 is 21.6 Å². The molecule has 104 valence electrons. The number of benzene rings is 1. The van der Waals surface area contributed by atoms with Gasteiger partial charge in [0.1, 0.15) is 22.4 Å². The molecule has 0 aliphatic heterocycles. The van der Waals surface area contributed by atoms with Gasteiger partial charge in [-0.05, 0) is 28.9 Å². The summed E-state index contributed by atoms with van der Waals surface area (Å²) in [5.41, 5.74) is 5.82. The minimum atomic E-state index is -0.455. The van der Waals surface area contributed by atoms with E-state index in [0.29, 0.717) is 23.2 Å². The number of nitro benzene ring substituents is 1. The fraction of sp³-hybridized carbons (Fsp3) is 0.500. The minimum Gasteiger partial charge on any atom is -0.486 e. The molecule has 6 nitrogen and oxygen atoms in total. The molecule has 1 aromatic rings. The maximum Gasteiger partial charge on any atom is 0.287 e. The van der Waals surface area contributed by atoms with Crippen LogP contribution in [0.3, 0.4) is 0 Å². The Balaban J connectivity index is 2.12. The van der Waals surface area contributed by atoms with Crippen molar-refractivity contribution < 1.29 is 14.4 Å². The van der Waals surface area contributed by atoms with Gasteiger partial charge in [0.15, 0.2) is 0 Å². The van der Waals surface area contributed by atoms with Crippen LogP contribution in [-0.2, 0) is 4.74 Å². The summed E-state index contributed by atoms with van der Waals surface area (Å²) in [6, 6.07) is 4.65. The van der Waals surface area contributed by atoms with Gasteiger partial charge in [-0.1, -0.05) is 6.07 Å². The number of hydrogen-bond acceptors (Lipinski definition) is 5. The largest absolute Gasteiger partial charge is 0.486 e. The lowest BCUT2D eigenvalue weighted by molar-refractivity contribution is -0.385. The Labute approximate surface area is 119 Å². The number of nitrogens with two attached hydrogens (primary N) is 1. The van der Waals surface area contributed by atoms with Gasteiger partial charge in [0.2, 0.25) is 0 Å².